The number of aliphatic hydroxyl groups excluding tert-OH is 27. The van der Waals surface area contributed by atoms with Crippen molar-refractivity contribution in [2.75, 3.05) is 66.1 Å². The summed E-state index contributed by atoms with van der Waals surface area (Å²) in [4.78, 5) is 64.4. The largest absolute Gasteiger partial charge is 0.394 e. The average molecular weight is 1840 g/mol. The second-order valence-electron chi connectivity index (χ2n) is 31.7. The number of rotatable bonds is 33. The van der Waals surface area contributed by atoms with Crippen LogP contribution in [0.1, 0.15) is 34.6 Å². The molecule has 0 unspecified atom stereocenters. The Morgan fingerprint density at radius 2 is 0.444 bits per heavy atom. The molecule has 32 N–H and O–H groups in total. The van der Waals surface area contributed by atoms with E-state index in [9.17, 15) is 162 Å². The summed E-state index contributed by atoms with van der Waals surface area (Å²) in [7, 11) is 0. The van der Waals surface area contributed by atoms with Gasteiger partial charge in [0, 0.05) is 34.6 Å². The molecule has 10 aliphatic heterocycles. The van der Waals surface area contributed by atoms with Gasteiger partial charge in [-0.05, 0) is 0 Å². The van der Waals surface area contributed by atoms with E-state index in [4.69, 9.17) is 90.0 Å². The van der Waals surface area contributed by atoms with Crippen LogP contribution < -0.4 is 26.6 Å². The van der Waals surface area contributed by atoms with Crippen LogP contribution in [-0.2, 0) is 114 Å². The molecule has 0 radical (unpaired) electrons. The Kier molecular flexibility index (Phi) is 37.4. The van der Waals surface area contributed by atoms with Crippen LogP contribution in [0.15, 0.2) is 0 Å². The molecule has 50 atom stereocenters. The lowest BCUT2D eigenvalue weighted by atomic mass is 9.93. The molecule has 0 aliphatic carbocycles. The van der Waals surface area contributed by atoms with Crippen LogP contribution in [0.5, 0.6) is 0 Å². The molecule has 10 aliphatic rings. The molecule has 5 amide bonds. The molecule has 0 aromatic heterocycles. The standard InChI is InChI=1S/C70H117N5O51/c1-16(85)71-31-42(96)53(25(10-80)109-61(31)107)119-63-33(73-18(3)87)44(98)56(28(13-83)114-63)123-68-52(106)58(40(94)30(118-68)15-108-69-59(48(102)39(93)24(9-79)113-69)125-62-32(72-17(2)86)41(95)36(90)21(6-76)110-62)124-70-60(126-65-35(75-20(5)89)45(99)55(27(12-82)116-65)122-67-50(104)47(101)38(92)23(8-78)112-67)51(105)57(29(14-84)117-70)120-64-34(74-19(4)88)43(97)54(26(11-81)115-64)121-66-49(103)46(100)37(91)22(7-77)111-66/h21-70,76-84,90-107H,6-15H2,1-5H3,(H,71,85)(H,72,86)(H,73,87)(H,74,88)(H,75,89)/t21-,22-,23-,24-,25-,26-,27-,28-,29-,30-,31-,32-,33-,34-,35-,36-,37+,38+,39-,40-,41-,42-,43-,44-,45-,46+,47+,48+,49-,50-,51+,52+,53-,54-,55-,56-,57-,58+,59+,60+,61-,62+,63+,64+,65+,66+,67+,68+,69+,70-/m1/s1. The molecule has 56 heteroatoms. The lowest BCUT2D eigenvalue weighted by molar-refractivity contribution is -0.406. The van der Waals surface area contributed by atoms with Crippen molar-refractivity contribution in [3.05, 3.63) is 0 Å². The van der Waals surface area contributed by atoms with E-state index in [0.717, 1.165) is 34.6 Å². The summed E-state index contributed by atoms with van der Waals surface area (Å²) in [5, 5.41) is 315. The smallest absolute Gasteiger partial charge is 0.217 e. The van der Waals surface area contributed by atoms with E-state index in [1.54, 1.807) is 0 Å². The van der Waals surface area contributed by atoms with Crippen LogP contribution in [0.25, 0.3) is 0 Å². The van der Waals surface area contributed by atoms with E-state index in [1.807, 2.05) is 0 Å². The van der Waals surface area contributed by atoms with Crippen molar-refractivity contribution in [3.8, 4) is 0 Å². The van der Waals surface area contributed by atoms with Crippen molar-refractivity contribution in [3.63, 3.8) is 0 Å². The first-order chi connectivity index (χ1) is 59.6. The molecule has 0 bridgehead atoms. The van der Waals surface area contributed by atoms with Crippen molar-refractivity contribution in [1.29, 1.82) is 0 Å². The summed E-state index contributed by atoms with van der Waals surface area (Å²) >= 11 is 0. The lowest BCUT2D eigenvalue weighted by Crippen LogP contribution is -2.71. The van der Waals surface area contributed by atoms with Crippen molar-refractivity contribution >= 4 is 29.5 Å². The van der Waals surface area contributed by atoms with Gasteiger partial charge in [-0.1, -0.05) is 0 Å². The number of hydrogen-bond acceptors (Lipinski definition) is 51. The highest BCUT2D eigenvalue weighted by molar-refractivity contribution is 5.75. The first-order valence-corrected chi connectivity index (χ1v) is 40.1. The van der Waals surface area contributed by atoms with E-state index in [0.29, 0.717) is 0 Å². The fourth-order valence-electron chi connectivity index (χ4n) is 16.3. The number of ether oxygens (including phenoxy) is 19. The second-order valence-corrected chi connectivity index (χ2v) is 31.7. The first kappa shape index (κ1) is 104. The molecule has 0 saturated carbocycles. The molecule has 56 nitrogen and oxygen atoms in total. The molecule has 126 heavy (non-hydrogen) atoms. The summed E-state index contributed by atoms with van der Waals surface area (Å²) in [6.45, 7) is -6.84. The van der Waals surface area contributed by atoms with Gasteiger partial charge in [0.15, 0.2) is 62.9 Å². The minimum Gasteiger partial charge on any atom is -0.394 e. The Morgan fingerprint density at radius 1 is 0.206 bits per heavy atom. The Morgan fingerprint density at radius 3 is 0.802 bits per heavy atom. The van der Waals surface area contributed by atoms with Crippen LogP contribution in [0, 0.1) is 0 Å². The highest BCUT2D eigenvalue weighted by Crippen LogP contribution is 2.42. The fourth-order valence-corrected chi connectivity index (χ4v) is 16.3. The van der Waals surface area contributed by atoms with E-state index < -0.39 is 402 Å². The van der Waals surface area contributed by atoms with Gasteiger partial charge in [0.1, 0.15) is 244 Å². The monoisotopic (exact) mass is 1840 g/mol. The average Bonchev–Trinajstić information content (AvgIpc) is 0.751. The summed E-state index contributed by atoms with van der Waals surface area (Å²) < 4.78 is 114. The molecule has 10 fully saturated rings. The summed E-state index contributed by atoms with van der Waals surface area (Å²) in [5.41, 5.74) is 0. The molecule has 0 aromatic rings. The van der Waals surface area contributed by atoms with Gasteiger partial charge in [0.2, 0.25) is 29.5 Å². The summed E-state index contributed by atoms with van der Waals surface area (Å²) in [5.74, 6) is -4.72. The normalized spacial score (nSPS) is 48.4. The summed E-state index contributed by atoms with van der Waals surface area (Å²) in [6, 6.07) is -9.59. The van der Waals surface area contributed by atoms with Crippen LogP contribution in [-0.4, -0.2) is 540 Å². The van der Waals surface area contributed by atoms with Crippen LogP contribution in [0.3, 0.4) is 0 Å². The molecular weight excluding hydrogens is 1730 g/mol. The third-order valence-corrected chi connectivity index (χ3v) is 22.9. The maximum absolute atomic E-state index is 13.3. The van der Waals surface area contributed by atoms with Crippen molar-refractivity contribution in [1.82, 2.24) is 26.6 Å². The van der Waals surface area contributed by atoms with Crippen molar-refractivity contribution < 1.29 is 252 Å². The van der Waals surface area contributed by atoms with E-state index in [-0.39, 0.29) is 0 Å². The number of aliphatic hydroxyl groups is 27. The van der Waals surface area contributed by atoms with Gasteiger partial charge >= 0.3 is 0 Å². The molecule has 728 valence electrons. The van der Waals surface area contributed by atoms with Gasteiger partial charge < -0.3 is 254 Å². The Labute approximate surface area is 713 Å². The third kappa shape index (κ3) is 22.9. The Bertz CT molecular complexity index is 3440. The van der Waals surface area contributed by atoms with Crippen LogP contribution >= 0.6 is 0 Å². The lowest BCUT2D eigenvalue weighted by Gasteiger charge is -2.52. The fraction of sp³-hybridized carbons (Fsp3) is 0.929. The maximum Gasteiger partial charge on any atom is 0.217 e. The predicted octanol–water partition coefficient (Wildman–Crippen LogP) is -22.1. The topological polar surface area (TPSA) is 867 Å². The molecule has 10 heterocycles. The van der Waals surface area contributed by atoms with E-state index >= 15 is 0 Å². The number of hydrogen-bond donors (Lipinski definition) is 32. The van der Waals surface area contributed by atoms with E-state index in [1.165, 1.54) is 0 Å². The quantitative estimate of drug-likeness (QED) is 0.0290. The number of nitrogens with one attached hydrogen (secondary N) is 5. The Hall–Kier alpha value is -4.49. The Balaban J connectivity index is 1.05. The minimum absolute atomic E-state index is 0.813. The highest BCUT2D eigenvalue weighted by atomic mass is 16.8. The second kappa shape index (κ2) is 45.5. The SMILES string of the molecule is CC(=O)N[C@@H]1[C@@H](O)[C@H](O[C@@H]2O[C@H](CO)[C@@H](O[C@@H]3O[C@H](CO[C@H]4O[C@H](CO)[C@@H](O)[C@H](O)[C@@H]4O[C@@H]4O[C@H](CO)[C@@H](O)[C@H](O)[C@H]4NC(C)=O)[C@@H](O)[C@H](O[C@H]4O[C@H](CO)[C@@H](O[C@@H]5O[C@H](CO)[C@@H](O[C@@H]6O[C@H](CO)[C@H](O)[C@H](O)[C@H]6O)[C@H](O)[C@H]5NC(C)=O)[C@H](O)[C@@H]4O[C@@H]4O[C@H](CO)[C@@H](O[C@@H]5O[C@H](CO)[C@H](O)[C@H](O)[C@H]5O)[C@H](O)[C@H]4NC(C)=O)[C@@H]3O)[C@H](O)[C@H]2NC(C)=O)[C@@H](CO)O[C@H]1O. The zero-order valence-corrected chi connectivity index (χ0v) is 67.8. The molecule has 10 rings (SSSR count). The van der Waals surface area contributed by atoms with Gasteiger partial charge in [0.25, 0.3) is 0 Å². The first-order valence-electron chi connectivity index (χ1n) is 40.1. The molecule has 10 saturated heterocycles. The molecule has 0 spiro atoms. The van der Waals surface area contributed by atoms with Crippen molar-refractivity contribution in [2.45, 2.75) is 341 Å². The van der Waals surface area contributed by atoms with Gasteiger partial charge in [0.05, 0.1) is 66.1 Å². The zero-order valence-electron chi connectivity index (χ0n) is 67.8. The van der Waals surface area contributed by atoms with E-state index in [2.05, 4.69) is 26.6 Å². The minimum atomic E-state index is -2.70. The number of carbonyl (C=O) groups is 5. The van der Waals surface area contributed by atoms with Crippen LogP contribution in [0.4, 0.5) is 0 Å². The van der Waals surface area contributed by atoms with Crippen LogP contribution in [0.2, 0.25) is 0 Å². The van der Waals surface area contributed by atoms with Gasteiger partial charge in [-0.25, -0.2) is 0 Å². The van der Waals surface area contributed by atoms with Gasteiger partial charge in [-0.3, -0.25) is 24.0 Å². The highest BCUT2D eigenvalue weighted by Gasteiger charge is 2.63. The van der Waals surface area contributed by atoms with Gasteiger partial charge in [-0.15, -0.1) is 0 Å². The van der Waals surface area contributed by atoms with Gasteiger partial charge in [-0.2, -0.15) is 0 Å². The molecule has 0 aromatic carbocycles. The maximum atomic E-state index is 13.3. The number of amides is 5. The third-order valence-electron chi connectivity index (χ3n) is 22.9. The molecular formula is C70H117N5O51. The van der Waals surface area contributed by atoms with Crippen molar-refractivity contribution in [2.24, 2.45) is 0 Å². The number of carbonyl (C=O) groups excluding carboxylic acids is 5. The predicted molar refractivity (Wildman–Crippen MR) is 388 cm³/mol. The summed E-state index contributed by atoms with van der Waals surface area (Å²) in [6.07, 6.45) is -96.7. The zero-order chi connectivity index (χ0) is 92.8.